The summed E-state index contributed by atoms with van der Waals surface area (Å²) in [4.78, 5) is 7.57. The van der Waals surface area contributed by atoms with Crippen LogP contribution in [0.5, 0.6) is 11.6 Å². The molecule has 1 aromatic heterocycles. The van der Waals surface area contributed by atoms with Crippen LogP contribution in [0.1, 0.15) is 26.3 Å². The summed E-state index contributed by atoms with van der Waals surface area (Å²) in [6.07, 6.45) is -4.33. The number of nitrogens with zero attached hydrogens (tertiary/aromatic N) is 2. The molecule has 0 spiro atoms. The Morgan fingerprint density at radius 2 is 2.00 bits per heavy atom. The van der Waals surface area contributed by atoms with Crippen molar-refractivity contribution >= 4 is 11.6 Å². The highest BCUT2D eigenvalue weighted by molar-refractivity contribution is 5.56. The highest BCUT2D eigenvalue weighted by atomic mass is 19.4. The van der Waals surface area contributed by atoms with Crippen molar-refractivity contribution in [2.45, 2.75) is 33.1 Å². The number of hydrogen-bond donors (Lipinski definition) is 1. The maximum Gasteiger partial charge on any atom is 0.423 e. The van der Waals surface area contributed by atoms with Crippen molar-refractivity contribution in [3.05, 3.63) is 36.0 Å². The van der Waals surface area contributed by atoms with Crippen LogP contribution in [-0.2, 0) is 6.18 Å². The van der Waals surface area contributed by atoms with Crippen LogP contribution >= 0.6 is 0 Å². The van der Waals surface area contributed by atoms with E-state index in [9.17, 15) is 13.2 Å². The molecule has 5 nitrogen and oxygen atoms in total. The van der Waals surface area contributed by atoms with Gasteiger partial charge in [0.2, 0.25) is 11.8 Å². The number of anilines is 2. The summed E-state index contributed by atoms with van der Waals surface area (Å²) in [5.41, 5.74) is -0.416. The van der Waals surface area contributed by atoms with Gasteiger partial charge in [0.05, 0.1) is 12.7 Å². The molecule has 2 aromatic rings. The van der Waals surface area contributed by atoms with Crippen molar-refractivity contribution in [3.63, 3.8) is 0 Å². The number of rotatable bonds is 6. The molecule has 8 heteroatoms. The molecule has 0 aliphatic carbocycles. The molecule has 0 aliphatic rings. The van der Waals surface area contributed by atoms with E-state index in [1.165, 1.54) is 0 Å². The van der Waals surface area contributed by atoms with Crippen molar-refractivity contribution in [2.24, 2.45) is 0 Å². The first kappa shape index (κ1) is 17.8. The van der Waals surface area contributed by atoms with E-state index in [0.29, 0.717) is 24.2 Å². The zero-order valence-electron chi connectivity index (χ0n) is 13.5. The minimum absolute atomic E-state index is 0.00676. The quantitative estimate of drug-likeness (QED) is 0.843. The fourth-order valence-corrected chi connectivity index (χ4v) is 1.89. The molecule has 0 bridgehead atoms. The number of ether oxygens (including phenoxy) is 2. The lowest BCUT2D eigenvalue weighted by Gasteiger charge is -2.16. The Balaban J connectivity index is 2.29. The minimum Gasteiger partial charge on any atom is -0.494 e. The monoisotopic (exact) mass is 341 g/mol. The number of halogens is 3. The molecule has 0 saturated carbocycles. The van der Waals surface area contributed by atoms with E-state index in [2.05, 4.69) is 15.3 Å². The zero-order valence-corrected chi connectivity index (χ0v) is 13.5. The van der Waals surface area contributed by atoms with Crippen LogP contribution < -0.4 is 14.8 Å². The third-order valence-corrected chi connectivity index (χ3v) is 2.81. The van der Waals surface area contributed by atoms with Crippen LogP contribution in [0, 0.1) is 0 Å². The van der Waals surface area contributed by atoms with Crippen LogP contribution in [0.15, 0.2) is 30.5 Å². The topological polar surface area (TPSA) is 56.3 Å². The highest BCUT2D eigenvalue weighted by Gasteiger charge is 2.36. The molecule has 1 heterocycles. The molecule has 0 atom stereocenters. The number of alkyl halides is 3. The Bertz CT molecular complexity index is 691. The third kappa shape index (κ3) is 4.74. The zero-order chi connectivity index (χ0) is 17.7. The average molecular weight is 341 g/mol. The van der Waals surface area contributed by atoms with Gasteiger partial charge < -0.3 is 14.8 Å². The predicted molar refractivity (Wildman–Crippen MR) is 83.7 cm³/mol. The SMILES string of the molecule is CCOc1cccc(Nc2ncc(C(F)(F)F)c(OC(C)C)n2)c1. The molecule has 0 unspecified atom stereocenters. The number of hydrogen-bond acceptors (Lipinski definition) is 5. The predicted octanol–water partition coefficient (Wildman–Crippen LogP) is 4.42. The van der Waals surface area contributed by atoms with Gasteiger partial charge >= 0.3 is 6.18 Å². The first-order valence-electron chi connectivity index (χ1n) is 7.40. The van der Waals surface area contributed by atoms with E-state index < -0.39 is 23.7 Å². The summed E-state index contributed by atoms with van der Waals surface area (Å²) in [7, 11) is 0. The molecule has 0 fully saturated rings. The maximum atomic E-state index is 13.0. The summed E-state index contributed by atoms with van der Waals surface area (Å²) in [6.45, 7) is 5.61. The van der Waals surface area contributed by atoms with Crippen molar-refractivity contribution < 1.29 is 22.6 Å². The molecule has 0 radical (unpaired) electrons. The van der Waals surface area contributed by atoms with Gasteiger partial charge in [-0.15, -0.1) is 0 Å². The second-order valence-electron chi connectivity index (χ2n) is 5.16. The number of nitrogens with one attached hydrogen (secondary N) is 1. The lowest BCUT2D eigenvalue weighted by atomic mass is 10.3. The molecular formula is C16H18F3N3O2. The van der Waals surface area contributed by atoms with E-state index in [1.54, 1.807) is 38.1 Å². The highest BCUT2D eigenvalue weighted by Crippen LogP contribution is 2.35. The minimum atomic E-state index is -4.59. The van der Waals surface area contributed by atoms with E-state index in [-0.39, 0.29) is 5.95 Å². The molecule has 0 saturated heterocycles. The van der Waals surface area contributed by atoms with E-state index in [0.717, 1.165) is 0 Å². The maximum absolute atomic E-state index is 13.0. The van der Waals surface area contributed by atoms with Gasteiger partial charge in [-0.3, -0.25) is 0 Å². The standard InChI is InChI=1S/C16H18F3N3O2/c1-4-23-12-7-5-6-11(8-12)21-15-20-9-13(16(17,18)19)14(22-15)24-10(2)3/h5-10H,4H2,1-3H3,(H,20,21,22). The van der Waals surface area contributed by atoms with E-state index >= 15 is 0 Å². The molecule has 0 amide bonds. The van der Waals surface area contributed by atoms with Crippen LogP contribution in [0.4, 0.5) is 24.8 Å². The van der Waals surface area contributed by atoms with E-state index in [1.807, 2.05) is 6.92 Å². The van der Waals surface area contributed by atoms with Gasteiger partial charge in [0.15, 0.2) is 0 Å². The third-order valence-electron chi connectivity index (χ3n) is 2.81. The number of benzene rings is 1. The Hall–Kier alpha value is -2.51. The van der Waals surface area contributed by atoms with Crippen molar-refractivity contribution in [1.29, 1.82) is 0 Å². The van der Waals surface area contributed by atoms with Gasteiger partial charge in [-0.25, -0.2) is 4.98 Å². The Labute approximate surface area is 137 Å². The summed E-state index contributed by atoms with van der Waals surface area (Å²) < 4.78 is 49.5. The molecule has 0 aliphatic heterocycles. The lowest BCUT2D eigenvalue weighted by Crippen LogP contribution is -2.15. The normalized spacial score (nSPS) is 11.5. The van der Waals surface area contributed by atoms with Gasteiger partial charge in [0, 0.05) is 18.0 Å². The van der Waals surface area contributed by atoms with Crippen LogP contribution in [0.25, 0.3) is 0 Å². The first-order valence-corrected chi connectivity index (χ1v) is 7.40. The summed E-state index contributed by atoms with van der Waals surface area (Å²) in [6, 6.07) is 6.96. The smallest absolute Gasteiger partial charge is 0.423 e. The fourth-order valence-electron chi connectivity index (χ4n) is 1.89. The summed E-state index contributed by atoms with van der Waals surface area (Å²) >= 11 is 0. The molecule has 1 N–H and O–H groups in total. The Morgan fingerprint density at radius 1 is 1.25 bits per heavy atom. The molecule has 1 aromatic carbocycles. The van der Waals surface area contributed by atoms with Crippen LogP contribution in [0.3, 0.4) is 0 Å². The second-order valence-corrected chi connectivity index (χ2v) is 5.16. The van der Waals surface area contributed by atoms with Gasteiger partial charge in [0.25, 0.3) is 0 Å². The number of aromatic nitrogens is 2. The van der Waals surface area contributed by atoms with Gasteiger partial charge in [-0.1, -0.05) is 6.07 Å². The van der Waals surface area contributed by atoms with E-state index in [4.69, 9.17) is 9.47 Å². The van der Waals surface area contributed by atoms with Crippen molar-refractivity contribution in [3.8, 4) is 11.6 Å². The fraction of sp³-hybridized carbons (Fsp3) is 0.375. The van der Waals surface area contributed by atoms with Crippen molar-refractivity contribution in [2.75, 3.05) is 11.9 Å². The summed E-state index contributed by atoms with van der Waals surface area (Å²) in [5.74, 6) is 0.135. The molecule has 2 rings (SSSR count). The lowest BCUT2D eigenvalue weighted by molar-refractivity contribution is -0.139. The molecule has 24 heavy (non-hydrogen) atoms. The molecule has 130 valence electrons. The first-order chi connectivity index (χ1) is 11.3. The van der Waals surface area contributed by atoms with Crippen molar-refractivity contribution in [1.82, 2.24) is 9.97 Å². The Kier molecular flexibility index (Phi) is 5.48. The Morgan fingerprint density at radius 3 is 2.62 bits per heavy atom. The van der Waals surface area contributed by atoms with Crippen LogP contribution in [0.2, 0.25) is 0 Å². The van der Waals surface area contributed by atoms with Gasteiger partial charge in [-0.2, -0.15) is 18.2 Å². The largest absolute Gasteiger partial charge is 0.494 e. The average Bonchev–Trinajstić information content (AvgIpc) is 2.46. The molecular weight excluding hydrogens is 323 g/mol. The second kappa shape index (κ2) is 7.37. The van der Waals surface area contributed by atoms with Gasteiger partial charge in [0.1, 0.15) is 11.3 Å². The van der Waals surface area contributed by atoms with Gasteiger partial charge in [-0.05, 0) is 32.9 Å². The summed E-state index contributed by atoms with van der Waals surface area (Å²) in [5, 5.41) is 2.85. The van der Waals surface area contributed by atoms with Crippen LogP contribution in [-0.4, -0.2) is 22.7 Å².